The van der Waals surface area contributed by atoms with Gasteiger partial charge in [-0.3, -0.25) is 0 Å². The van der Waals surface area contributed by atoms with Gasteiger partial charge in [0.1, 0.15) is 0 Å². The van der Waals surface area contributed by atoms with Gasteiger partial charge in [0.15, 0.2) is 0 Å². The van der Waals surface area contributed by atoms with Crippen LogP contribution in [0.1, 0.15) is 0 Å². The lowest BCUT2D eigenvalue weighted by Gasteiger charge is -2.04. The van der Waals surface area contributed by atoms with E-state index in [4.69, 9.17) is 0 Å². The van der Waals surface area contributed by atoms with Crippen LogP contribution in [0.4, 0.5) is 5.69 Å². The van der Waals surface area contributed by atoms with Crippen molar-refractivity contribution in [2.75, 3.05) is 12.4 Å². The Morgan fingerprint density at radius 2 is 2.21 bits per heavy atom. The second-order valence-electron chi connectivity index (χ2n) is 3.22. The summed E-state index contributed by atoms with van der Waals surface area (Å²) in [5.74, 6) is 0. The molecule has 0 aliphatic carbocycles. The third kappa shape index (κ3) is 1.48. The van der Waals surface area contributed by atoms with Crippen LogP contribution in [0.15, 0.2) is 36.8 Å². The molecule has 0 saturated carbocycles. The summed E-state index contributed by atoms with van der Waals surface area (Å²) in [6.45, 7) is 0. The molecule has 0 spiro atoms. The Morgan fingerprint density at radius 3 is 2.86 bits per heavy atom. The molecule has 0 saturated heterocycles. The number of hydrogen-bond acceptors (Lipinski definition) is 2. The monoisotopic (exact) mass is 187 g/mol. The van der Waals surface area contributed by atoms with Gasteiger partial charge in [0.25, 0.3) is 0 Å². The molecule has 3 nitrogen and oxygen atoms in total. The summed E-state index contributed by atoms with van der Waals surface area (Å²) in [5, 5.41) is 3.12. The minimum atomic E-state index is 1.11. The van der Waals surface area contributed by atoms with E-state index in [0.29, 0.717) is 0 Å². The molecule has 2 aromatic rings. The van der Waals surface area contributed by atoms with Crippen molar-refractivity contribution in [3.63, 3.8) is 0 Å². The first-order chi connectivity index (χ1) is 6.81. The highest BCUT2D eigenvalue weighted by molar-refractivity contribution is 5.64. The molecule has 1 heterocycles. The maximum atomic E-state index is 4.10. The van der Waals surface area contributed by atoms with E-state index in [0.717, 1.165) is 11.4 Å². The highest BCUT2D eigenvalue weighted by Crippen LogP contribution is 2.21. The smallest absolute Gasteiger partial charge is 0.0948 e. The van der Waals surface area contributed by atoms with Gasteiger partial charge in [-0.25, -0.2) is 4.98 Å². The van der Waals surface area contributed by atoms with Crippen molar-refractivity contribution < 1.29 is 0 Å². The van der Waals surface area contributed by atoms with Gasteiger partial charge < -0.3 is 9.88 Å². The number of hydrogen-bond donors (Lipinski definition) is 1. The Kier molecular flexibility index (Phi) is 2.23. The lowest BCUT2D eigenvalue weighted by Crippen LogP contribution is -1.91. The molecule has 0 fully saturated rings. The average Bonchev–Trinajstić information content (AvgIpc) is 2.65. The second kappa shape index (κ2) is 3.54. The molecule has 1 aromatic carbocycles. The van der Waals surface area contributed by atoms with Crippen LogP contribution in [0.5, 0.6) is 0 Å². The van der Waals surface area contributed by atoms with Crippen LogP contribution in [0.2, 0.25) is 0 Å². The molecule has 0 unspecified atom stereocenters. The number of nitrogens with one attached hydrogen (secondary N) is 1. The summed E-state index contributed by atoms with van der Waals surface area (Å²) in [6, 6.07) is 8.27. The minimum absolute atomic E-state index is 1.11. The molecule has 0 aliphatic heterocycles. The van der Waals surface area contributed by atoms with Gasteiger partial charge in [0.2, 0.25) is 0 Å². The molecule has 2 rings (SSSR count). The number of rotatable bonds is 2. The van der Waals surface area contributed by atoms with E-state index in [-0.39, 0.29) is 0 Å². The van der Waals surface area contributed by atoms with Gasteiger partial charge in [-0.1, -0.05) is 12.1 Å². The third-order valence-corrected chi connectivity index (χ3v) is 2.26. The Balaban J connectivity index is 2.47. The number of imidazole rings is 1. The molecule has 1 aromatic heterocycles. The number of aromatic nitrogens is 2. The quantitative estimate of drug-likeness (QED) is 0.780. The van der Waals surface area contributed by atoms with Crippen molar-refractivity contribution in [2.24, 2.45) is 7.05 Å². The highest BCUT2D eigenvalue weighted by atomic mass is 15.0. The molecule has 14 heavy (non-hydrogen) atoms. The number of nitrogens with zero attached hydrogens (tertiary/aromatic N) is 2. The van der Waals surface area contributed by atoms with E-state index in [1.807, 2.05) is 37.0 Å². The number of aryl methyl sites for hydroxylation is 1. The number of benzene rings is 1. The van der Waals surface area contributed by atoms with E-state index in [2.05, 4.69) is 22.4 Å². The van der Waals surface area contributed by atoms with Gasteiger partial charge in [-0.05, 0) is 12.1 Å². The van der Waals surface area contributed by atoms with Crippen molar-refractivity contribution in [2.45, 2.75) is 0 Å². The van der Waals surface area contributed by atoms with Crippen LogP contribution in [-0.4, -0.2) is 16.6 Å². The predicted octanol–water partition coefficient (Wildman–Crippen LogP) is 2.13. The van der Waals surface area contributed by atoms with Gasteiger partial charge in [-0.15, -0.1) is 0 Å². The molecule has 0 bridgehead atoms. The second-order valence-corrected chi connectivity index (χ2v) is 3.22. The van der Waals surface area contributed by atoms with Crippen LogP contribution in [0, 0.1) is 0 Å². The van der Waals surface area contributed by atoms with Gasteiger partial charge in [-0.2, -0.15) is 0 Å². The van der Waals surface area contributed by atoms with Crippen LogP contribution >= 0.6 is 0 Å². The van der Waals surface area contributed by atoms with Crippen LogP contribution < -0.4 is 5.32 Å². The molecule has 0 amide bonds. The largest absolute Gasteiger partial charge is 0.388 e. The first-order valence-corrected chi connectivity index (χ1v) is 4.56. The third-order valence-electron chi connectivity index (χ3n) is 2.26. The maximum absolute atomic E-state index is 4.10. The summed E-state index contributed by atoms with van der Waals surface area (Å²) < 4.78 is 2.01. The Bertz CT molecular complexity index is 432. The lowest BCUT2D eigenvalue weighted by atomic mass is 10.1. The standard InChI is InChI=1S/C11H13N3/c1-12-10-5-3-4-9(6-10)11-7-13-8-14(11)2/h3-8,12H,1-2H3. The molecule has 72 valence electrons. The van der Waals surface area contributed by atoms with Crippen LogP contribution in [0.3, 0.4) is 0 Å². The zero-order valence-electron chi connectivity index (χ0n) is 8.36. The van der Waals surface area contributed by atoms with E-state index >= 15 is 0 Å². The topological polar surface area (TPSA) is 29.9 Å². The van der Waals surface area contributed by atoms with Crippen molar-refractivity contribution in [1.82, 2.24) is 9.55 Å². The summed E-state index contributed by atoms with van der Waals surface area (Å²) in [6.07, 6.45) is 3.68. The summed E-state index contributed by atoms with van der Waals surface area (Å²) in [7, 11) is 3.91. The fourth-order valence-electron chi connectivity index (χ4n) is 1.47. The highest BCUT2D eigenvalue weighted by Gasteiger charge is 2.01. The molecule has 0 radical (unpaired) electrons. The van der Waals surface area contributed by atoms with Gasteiger partial charge >= 0.3 is 0 Å². The first-order valence-electron chi connectivity index (χ1n) is 4.56. The lowest BCUT2D eigenvalue weighted by molar-refractivity contribution is 0.921. The molecular weight excluding hydrogens is 174 g/mol. The normalized spacial score (nSPS) is 10.1. The predicted molar refractivity (Wildman–Crippen MR) is 58.2 cm³/mol. The van der Waals surface area contributed by atoms with E-state index in [1.54, 1.807) is 6.33 Å². The molecule has 1 N–H and O–H groups in total. The Hall–Kier alpha value is -1.77. The Labute approximate surface area is 83.4 Å². The van der Waals surface area contributed by atoms with E-state index in [1.165, 1.54) is 5.56 Å². The molecule has 0 aliphatic rings. The summed E-state index contributed by atoms with van der Waals surface area (Å²) in [5.41, 5.74) is 3.42. The van der Waals surface area contributed by atoms with Crippen LogP contribution in [-0.2, 0) is 7.05 Å². The zero-order valence-corrected chi connectivity index (χ0v) is 8.36. The van der Waals surface area contributed by atoms with Crippen molar-refractivity contribution in [3.05, 3.63) is 36.8 Å². The first kappa shape index (κ1) is 8.81. The maximum Gasteiger partial charge on any atom is 0.0948 e. The average molecular weight is 187 g/mol. The van der Waals surface area contributed by atoms with Crippen molar-refractivity contribution >= 4 is 5.69 Å². The van der Waals surface area contributed by atoms with Crippen molar-refractivity contribution in [3.8, 4) is 11.3 Å². The molecule has 0 atom stereocenters. The van der Waals surface area contributed by atoms with E-state index in [9.17, 15) is 0 Å². The fraction of sp³-hybridized carbons (Fsp3) is 0.182. The Morgan fingerprint density at radius 1 is 1.36 bits per heavy atom. The van der Waals surface area contributed by atoms with E-state index < -0.39 is 0 Å². The SMILES string of the molecule is CNc1cccc(-c2cncn2C)c1. The number of anilines is 1. The summed E-state index contributed by atoms with van der Waals surface area (Å²) in [4.78, 5) is 4.10. The van der Waals surface area contributed by atoms with Crippen molar-refractivity contribution in [1.29, 1.82) is 0 Å². The molecule has 3 heteroatoms. The van der Waals surface area contributed by atoms with Gasteiger partial charge in [0.05, 0.1) is 18.2 Å². The fourth-order valence-corrected chi connectivity index (χ4v) is 1.47. The summed E-state index contributed by atoms with van der Waals surface area (Å²) >= 11 is 0. The molecular formula is C11H13N3. The zero-order chi connectivity index (χ0) is 9.97. The van der Waals surface area contributed by atoms with Gasteiger partial charge in [0, 0.05) is 25.3 Å². The minimum Gasteiger partial charge on any atom is -0.388 e. The van der Waals surface area contributed by atoms with Crippen LogP contribution in [0.25, 0.3) is 11.3 Å².